The van der Waals surface area contributed by atoms with Gasteiger partial charge in [-0.25, -0.2) is 0 Å². The number of nitrogen functional groups attached to an aromatic ring is 1. The van der Waals surface area contributed by atoms with E-state index in [0.717, 1.165) is 37.5 Å². The summed E-state index contributed by atoms with van der Waals surface area (Å²) in [5.41, 5.74) is 8.18. The van der Waals surface area contributed by atoms with E-state index in [9.17, 15) is 4.79 Å². The molecule has 1 fully saturated rings. The second-order valence-electron chi connectivity index (χ2n) is 5.19. The van der Waals surface area contributed by atoms with Gasteiger partial charge in [-0.15, -0.1) is 0 Å². The molecule has 106 valence electrons. The summed E-state index contributed by atoms with van der Waals surface area (Å²) in [5, 5.41) is 4.30. The van der Waals surface area contributed by atoms with Crippen molar-refractivity contribution in [1.82, 2.24) is 14.7 Å². The lowest BCUT2D eigenvalue weighted by Gasteiger charge is -2.17. The van der Waals surface area contributed by atoms with Crippen LogP contribution in [0.1, 0.15) is 17.8 Å². The number of carbonyl (C=O) groups is 1. The number of likely N-dealkylation sites (tertiary alicyclic amines) is 1. The van der Waals surface area contributed by atoms with Crippen molar-refractivity contribution in [3.8, 4) is 0 Å². The van der Waals surface area contributed by atoms with Gasteiger partial charge in [0.2, 0.25) is 5.91 Å². The van der Waals surface area contributed by atoms with Crippen LogP contribution < -0.4 is 5.73 Å². The quantitative estimate of drug-likeness (QED) is 0.865. The Balaban J connectivity index is 1.96. The highest BCUT2D eigenvalue weighted by Crippen LogP contribution is 2.18. The zero-order valence-corrected chi connectivity index (χ0v) is 11.8. The molecule has 1 atom stereocenters. The fourth-order valence-electron chi connectivity index (χ4n) is 2.52. The number of hydrogen-bond donors (Lipinski definition) is 1. The Labute approximate surface area is 113 Å². The van der Waals surface area contributed by atoms with Gasteiger partial charge in [0.1, 0.15) is 6.54 Å². The summed E-state index contributed by atoms with van der Waals surface area (Å²) in [5.74, 6) is 0.559. The third-order valence-corrected chi connectivity index (χ3v) is 3.76. The average Bonchev–Trinajstić information content (AvgIpc) is 2.92. The molecular formula is C13H22N4O2. The van der Waals surface area contributed by atoms with Crippen LogP contribution in [-0.4, -0.2) is 47.4 Å². The third-order valence-electron chi connectivity index (χ3n) is 3.76. The Morgan fingerprint density at radius 3 is 2.84 bits per heavy atom. The molecule has 19 heavy (non-hydrogen) atoms. The molecule has 2 rings (SSSR count). The zero-order valence-electron chi connectivity index (χ0n) is 11.8. The normalized spacial score (nSPS) is 19.1. The fraction of sp³-hybridized carbons (Fsp3) is 0.692. The van der Waals surface area contributed by atoms with Crippen LogP contribution in [0.15, 0.2) is 0 Å². The number of nitrogens with zero attached hydrogens (tertiary/aromatic N) is 3. The second-order valence-corrected chi connectivity index (χ2v) is 5.19. The van der Waals surface area contributed by atoms with E-state index in [1.54, 1.807) is 11.8 Å². The van der Waals surface area contributed by atoms with Gasteiger partial charge in [-0.2, -0.15) is 5.10 Å². The summed E-state index contributed by atoms with van der Waals surface area (Å²) < 4.78 is 6.83. The van der Waals surface area contributed by atoms with Gasteiger partial charge in [0, 0.05) is 26.1 Å². The van der Waals surface area contributed by atoms with Gasteiger partial charge in [-0.1, -0.05) is 0 Å². The molecule has 1 aliphatic rings. The SMILES string of the molecule is COCC1CCN(C(=O)Cn2nc(C)c(N)c2C)C1. The summed E-state index contributed by atoms with van der Waals surface area (Å²) in [6.07, 6.45) is 1.01. The number of aryl methyl sites for hydroxylation is 1. The molecule has 1 unspecified atom stereocenters. The molecule has 1 aromatic heterocycles. The van der Waals surface area contributed by atoms with Gasteiger partial charge in [0.15, 0.2) is 0 Å². The van der Waals surface area contributed by atoms with Crippen LogP contribution in [-0.2, 0) is 16.1 Å². The van der Waals surface area contributed by atoms with E-state index in [1.807, 2.05) is 18.7 Å². The van der Waals surface area contributed by atoms with E-state index >= 15 is 0 Å². The summed E-state index contributed by atoms with van der Waals surface area (Å²) in [4.78, 5) is 14.1. The van der Waals surface area contributed by atoms with Crippen molar-refractivity contribution in [3.05, 3.63) is 11.4 Å². The van der Waals surface area contributed by atoms with Gasteiger partial charge >= 0.3 is 0 Å². The lowest BCUT2D eigenvalue weighted by Crippen LogP contribution is -2.32. The summed E-state index contributed by atoms with van der Waals surface area (Å²) in [7, 11) is 1.70. The van der Waals surface area contributed by atoms with Gasteiger partial charge in [0.05, 0.1) is 23.7 Å². The van der Waals surface area contributed by atoms with E-state index < -0.39 is 0 Å². The number of carbonyl (C=O) groups excluding carboxylic acids is 1. The Morgan fingerprint density at radius 2 is 2.26 bits per heavy atom. The predicted octanol–water partition coefficient (Wildman–Crippen LogP) is 0.577. The summed E-state index contributed by atoms with van der Waals surface area (Å²) >= 11 is 0. The van der Waals surface area contributed by atoms with Gasteiger partial charge in [-0.3, -0.25) is 9.48 Å². The topological polar surface area (TPSA) is 73.4 Å². The van der Waals surface area contributed by atoms with Crippen molar-refractivity contribution >= 4 is 11.6 Å². The molecule has 0 radical (unpaired) electrons. The summed E-state index contributed by atoms with van der Waals surface area (Å²) in [6.45, 7) is 6.32. The minimum atomic E-state index is 0.101. The third kappa shape index (κ3) is 2.89. The van der Waals surface area contributed by atoms with E-state index in [0.29, 0.717) is 11.6 Å². The van der Waals surface area contributed by atoms with Crippen LogP contribution in [0.4, 0.5) is 5.69 Å². The first-order valence-corrected chi connectivity index (χ1v) is 6.59. The number of hydrogen-bond acceptors (Lipinski definition) is 4. The van der Waals surface area contributed by atoms with E-state index in [4.69, 9.17) is 10.5 Å². The number of ether oxygens (including phenoxy) is 1. The molecule has 0 saturated carbocycles. The number of nitrogens with two attached hydrogens (primary N) is 1. The highest BCUT2D eigenvalue weighted by atomic mass is 16.5. The molecule has 0 bridgehead atoms. The largest absolute Gasteiger partial charge is 0.396 e. The predicted molar refractivity (Wildman–Crippen MR) is 72.7 cm³/mol. The van der Waals surface area contributed by atoms with E-state index in [2.05, 4.69) is 5.10 Å². The van der Waals surface area contributed by atoms with Crippen LogP contribution in [0.2, 0.25) is 0 Å². The van der Waals surface area contributed by atoms with Crippen molar-refractivity contribution in [2.24, 2.45) is 5.92 Å². The molecule has 2 N–H and O–H groups in total. The molecule has 2 heterocycles. The molecule has 6 heteroatoms. The minimum Gasteiger partial charge on any atom is -0.396 e. The number of amides is 1. The molecule has 0 aliphatic carbocycles. The molecule has 0 spiro atoms. The van der Waals surface area contributed by atoms with Gasteiger partial charge < -0.3 is 15.4 Å². The first kappa shape index (κ1) is 13.9. The fourth-order valence-corrected chi connectivity index (χ4v) is 2.52. The number of methoxy groups -OCH3 is 1. The minimum absolute atomic E-state index is 0.101. The van der Waals surface area contributed by atoms with E-state index in [1.165, 1.54) is 0 Å². The number of aromatic nitrogens is 2. The lowest BCUT2D eigenvalue weighted by atomic mass is 10.1. The molecule has 1 aliphatic heterocycles. The molecule has 6 nitrogen and oxygen atoms in total. The molecule has 0 aromatic carbocycles. The zero-order chi connectivity index (χ0) is 14.0. The standard InChI is InChI=1S/C13H22N4O2/c1-9-13(14)10(2)17(15-9)7-12(18)16-5-4-11(6-16)8-19-3/h11H,4-8,14H2,1-3H3. The molecular weight excluding hydrogens is 244 g/mol. The van der Waals surface area contributed by atoms with Crippen LogP contribution in [0.25, 0.3) is 0 Å². The smallest absolute Gasteiger partial charge is 0.244 e. The van der Waals surface area contributed by atoms with Crippen LogP contribution in [0.3, 0.4) is 0 Å². The average molecular weight is 266 g/mol. The molecule has 1 amide bonds. The van der Waals surface area contributed by atoms with Crippen molar-refractivity contribution in [2.75, 3.05) is 32.5 Å². The lowest BCUT2D eigenvalue weighted by molar-refractivity contribution is -0.131. The van der Waals surface area contributed by atoms with Crippen LogP contribution >= 0.6 is 0 Å². The first-order valence-electron chi connectivity index (χ1n) is 6.59. The van der Waals surface area contributed by atoms with E-state index in [-0.39, 0.29) is 12.5 Å². The maximum absolute atomic E-state index is 12.2. The maximum atomic E-state index is 12.2. The van der Waals surface area contributed by atoms with Crippen LogP contribution in [0, 0.1) is 19.8 Å². The van der Waals surface area contributed by atoms with Crippen molar-refractivity contribution in [3.63, 3.8) is 0 Å². The number of rotatable bonds is 4. The van der Waals surface area contributed by atoms with Gasteiger partial charge in [-0.05, 0) is 20.3 Å². The monoisotopic (exact) mass is 266 g/mol. The highest BCUT2D eigenvalue weighted by Gasteiger charge is 2.26. The van der Waals surface area contributed by atoms with Crippen molar-refractivity contribution < 1.29 is 9.53 Å². The molecule has 1 aromatic rings. The molecule has 1 saturated heterocycles. The van der Waals surface area contributed by atoms with Crippen molar-refractivity contribution in [2.45, 2.75) is 26.8 Å². The Bertz CT molecular complexity index is 469. The maximum Gasteiger partial charge on any atom is 0.244 e. The Morgan fingerprint density at radius 1 is 1.53 bits per heavy atom. The first-order chi connectivity index (χ1) is 9.02. The Kier molecular flexibility index (Phi) is 4.09. The number of anilines is 1. The second kappa shape index (κ2) is 5.61. The van der Waals surface area contributed by atoms with Crippen LogP contribution in [0.5, 0.6) is 0 Å². The van der Waals surface area contributed by atoms with Gasteiger partial charge in [0.25, 0.3) is 0 Å². The Hall–Kier alpha value is -1.56. The summed E-state index contributed by atoms with van der Waals surface area (Å²) in [6, 6.07) is 0. The highest BCUT2D eigenvalue weighted by molar-refractivity contribution is 5.76. The van der Waals surface area contributed by atoms with Crippen molar-refractivity contribution in [1.29, 1.82) is 0 Å².